The topological polar surface area (TPSA) is 110 Å². The second-order valence-corrected chi connectivity index (χ2v) is 3.96. The van der Waals surface area contributed by atoms with E-state index in [1.54, 1.807) is 6.07 Å². The molecule has 20 heavy (non-hydrogen) atoms. The van der Waals surface area contributed by atoms with Gasteiger partial charge in [0.15, 0.2) is 5.69 Å². The minimum absolute atomic E-state index is 0.0380. The number of carbonyl (C=O) groups is 2. The fourth-order valence-electron chi connectivity index (χ4n) is 1.58. The number of nitrogen functional groups attached to an aromatic ring is 1. The number of halogens is 1. The summed E-state index contributed by atoms with van der Waals surface area (Å²) in [5.74, 6) is -2.39. The first-order valence-corrected chi connectivity index (χ1v) is 5.58. The lowest BCUT2D eigenvalue weighted by Crippen LogP contribution is -2.20. The number of para-hydroxylation sites is 1. The quantitative estimate of drug-likeness (QED) is 0.771. The summed E-state index contributed by atoms with van der Waals surface area (Å²) in [5, 5.41) is 14.8. The molecule has 0 radical (unpaired) electrons. The normalized spacial score (nSPS) is 10.2. The third-order valence-corrected chi connectivity index (χ3v) is 2.45. The van der Waals surface area contributed by atoms with Crippen molar-refractivity contribution in [3.63, 3.8) is 0 Å². The summed E-state index contributed by atoms with van der Waals surface area (Å²) in [5.41, 5.74) is 5.10. The van der Waals surface area contributed by atoms with Gasteiger partial charge in [0.2, 0.25) is 5.91 Å². The van der Waals surface area contributed by atoms with Crippen molar-refractivity contribution in [1.82, 2.24) is 9.78 Å². The van der Waals surface area contributed by atoms with Crippen molar-refractivity contribution in [2.24, 2.45) is 0 Å². The number of hydrogen-bond acceptors (Lipinski definition) is 4. The van der Waals surface area contributed by atoms with E-state index in [1.165, 1.54) is 24.4 Å². The summed E-state index contributed by atoms with van der Waals surface area (Å²) >= 11 is 0. The lowest BCUT2D eigenvalue weighted by molar-refractivity contribution is -0.116. The van der Waals surface area contributed by atoms with Crippen molar-refractivity contribution >= 4 is 23.3 Å². The standard InChI is InChI=1S/C12H11FN4O3/c13-7-3-1-2-4-9(7)15-10(18)6-17-5-8(14)11(16-17)12(19)20/h1-5H,6,14H2,(H,15,18)(H,19,20). The van der Waals surface area contributed by atoms with E-state index in [0.717, 1.165) is 4.68 Å². The summed E-state index contributed by atoms with van der Waals surface area (Å²) in [4.78, 5) is 22.4. The number of carbonyl (C=O) groups excluding carboxylic acids is 1. The largest absolute Gasteiger partial charge is 0.476 e. The summed E-state index contributed by atoms with van der Waals surface area (Å²) in [6, 6.07) is 5.70. The second-order valence-electron chi connectivity index (χ2n) is 3.96. The maximum Gasteiger partial charge on any atom is 0.358 e. The lowest BCUT2D eigenvalue weighted by Gasteiger charge is -2.05. The van der Waals surface area contributed by atoms with Gasteiger partial charge >= 0.3 is 5.97 Å². The van der Waals surface area contributed by atoms with Crippen LogP contribution in [0.25, 0.3) is 0 Å². The van der Waals surface area contributed by atoms with Gasteiger partial charge in [0.1, 0.15) is 12.4 Å². The number of amides is 1. The van der Waals surface area contributed by atoms with Gasteiger partial charge in [-0.2, -0.15) is 5.10 Å². The number of anilines is 2. The van der Waals surface area contributed by atoms with Gasteiger partial charge in [-0.05, 0) is 12.1 Å². The van der Waals surface area contributed by atoms with E-state index in [-0.39, 0.29) is 23.6 Å². The molecule has 0 bridgehead atoms. The highest BCUT2D eigenvalue weighted by molar-refractivity contribution is 5.92. The zero-order chi connectivity index (χ0) is 14.7. The van der Waals surface area contributed by atoms with Crippen molar-refractivity contribution in [3.8, 4) is 0 Å². The number of carboxylic acids is 1. The molecule has 2 aromatic rings. The number of hydrogen-bond donors (Lipinski definition) is 3. The van der Waals surface area contributed by atoms with Crippen LogP contribution in [0.4, 0.5) is 15.8 Å². The molecular formula is C12H11FN4O3. The van der Waals surface area contributed by atoms with Crippen LogP contribution >= 0.6 is 0 Å². The van der Waals surface area contributed by atoms with Gasteiger partial charge in [-0.1, -0.05) is 12.1 Å². The van der Waals surface area contributed by atoms with E-state index in [4.69, 9.17) is 10.8 Å². The molecule has 104 valence electrons. The van der Waals surface area contributed by atoms with Crippen LogP contribution < -0.4 is 11.1 Å². The number of carboxylic acid groups (broad SMARTS) is 1. The number of aromatic nitrogens is 2. The van der Waals surface area contributed by atoms with E-state index in [0.29, 0.717) is 0 Å². The number of nitrogens with two attached hydrogens (primary N) is 1. The zero-order valence-electron chi connectivity index (χ0n) is 10.2. The Balaban J connectivity index is 2.07. The molecule has 0 spiro atoms. The van der Waals surface area contributed by atoms with Gasteiger partial charge < -0.3 is 16.2 Å². The van der Waals surface area contributed by atoms with E-state index < -0.39 is 17.7 Å². The molecule has 1 aromatic heterocycles. The highest BCUT2D eigenvalue weighted by atomic mass is 19.1. The first-order chi connectivity index (χ1) is 9.47. The second kappa shape index (κ2) is 5.39. The third kappa shape index (κ3) is 2.91. The molecule has 1 heterocycles. The van der Waals surface area contributed by atoms with Crippen molar-refractivity contribution < 1.29 is 19.1 Å². The first kappa shape index (κ1) is 13.5. The van der Waals surface area contributed by atoms with Crippen LogP contribution in [0.5, 0.6) is 0 Å². The number of nitrogens with zero attached hydrogens (tertiary/aromatic N) is 2. The Morgan fingerprint density at radius 1 is 1.40 bits per heavy atom. The Morgan fingerprint density at radius 3 is 2.70 bits per heavy atom. The summed E-state index contributed by atoms with van der Waals surface area (Å²) in [6.07, 6.45) is 1.23. The number of nitrogens with one attached hydrogen (secondary N) is 1. The highest BCUT2D eigenvalue weighted by Crippen LogP contribution is 2.13. The average Bonchev–Trinajstić information content (AvgIpc) is 2.73. The fraction of sp³-hybridized carbons (Fsp3) is 0.0833. The number of aromatic carboxylic acids is 1. The van der Waals surface area contributed by atoms with Crippen LogP contribution in [0.3, 0.4) is 0 Å². The molecule has 0 aliphatic rings. The highest BCUT2D eigenvalue weighted by Gasteiger charge is 2.15. The minimum Gasteiger partial charge on any atom is -0.476 e. The Bertz CT molecular complexity index is 668. The maximum atomic E-state index is 13.3. The predicted octanol–water partition coefficient (Wildman–Crippen LogP) is 0.941. The van der Waals surface area contributed by atoms with E-state index in [1.807, 2.05) is 0 Å². The van der Waals surface area contributed by atoms with E-state index >= 15 is 0 Å². The Morgan fingerprint density at radius 2 is 2.10 bits per heavy atom. The molecule has 0 saturated heterocycles. The number of rotatable bonds is 4. The molecular weight excluding hydrogens is 267 g/mol. The molecule has 0 unspecified atom stereocenters. The molecule has 8 heteroatoms. The predicted molar refractivity (Wildman–Crippen MR) is 68.6 cm³/mol. The van der Waals surface area contributed by atoms with Gasteiger partial charge in [0.05, 0.1) is 11.4 Å². The molecule has 0 aliphatic carbocycles. The smallest absolute Gasteiger partial charge is 0.358 e. The SMILES string of the molecule is Nc1cn(CC(=O)Nc2ccccc2F)nc1C(=O)O. The molecule has 1 aromatic carbocycles. The summed E-state index contributed by atoms with van der Waals surface area (Å²) in [7, 11) is 0. The van der Waals surface area contributed by atoms with Crippen molar-refractivity contribution in [1.29, 1.82) is 0 Å². The summed E-state index contributed by atoms with van der Waals surface area (Å²) in [6.45, 7) is -0.272. The molecule has 0 saturated carbocycles. The van der Waals surface area contributed by atoms with Crippen LogP contribution in [0.15, 0.2) is 30.5 Å². The fourth-order valence-corrected chi connectivity index (χ4v) is 1.58. The third-order valence-electron chi connectivity index (χ3n) is 2.45. The maximum absolute atomic E-state index is 13.3. The van der Waals surface area contributed by atoms with Crippen LogP contribution in [0, 0.1) is 5.82 Å². The molecule has 2 rings (SSSR count). The van der Waals surface area contributed by atoms with E-state index in [9.17, 15) is 14.0 Å². The van der Waals surface area contributed by atoms with E-state index in [2.05, 4.69) is 10.4 Å². The zero-order valence-corrected chi connectivity index (χ0v) is 10.2. The van der Waals surface area contributed by atoms with Gasteiger partial charge in [-0.25, -0.2) is 9.18 Å². The molecule has 0 atom stereocenters. The Kier molecular flexibility index (Phi) is 3.65. The Hall–Kier alpha value is -2.90. The van der Waals surface area contributed by atoms with Gasteiger partial charge in [-0.3, -0.25) is 9.48 Å². The van der Waals surface area contributed by atoms with Crippen molar-refractivity contribution in [2.45, 2.75) is 6.54 Å². The molecule has 0 aliphatic heterocycles. The van der Waals surface area contributed by atoms with Crippen LogP contribution in [0.2, 0.25) is 0 Å². The van der Waals surface area contributed by atoms with Crippen LogP contribution in [-0.4, -0.2) is 26.8 Å². The molecule has 7 nitrogen and oxygen atoms in total. The van der Waals surface area contributed by atoms with Gasteiger partial charge in [0.25, 0.3) is 0 Å². The van der Waals surface area contributed by atoms with Crippen molar-refractivity contribution in [3.05, 3.63) is 42.0 Å². The Labute approximate surface area is 112 Å². The molecule has 4 N–H and O–H groups in total. The molecule has 1 amide bonds. The van der Waals surface area contributed by atoms with Crippen molar-refractivity contribution in [2.75, 3.05) is 11.1 Å². The minimum atomic E-state index is -1.28. The van der Waals surface area contributed by atoms with Gasteiger partial charge in [-0.15, -0.1) is 0 Å². The monoisotopic (exact) mass is 278 g/mol. The average molecular weight is 278 g/mol. The lowest BCUT2D eigenvalue weighted by atomic mass is 10.3. The summed E-state index contributed by atoms with van der Waals surface area (Å²) < 4.78 is 14.4. The van der Waals surface area contributed by atoms with Crippen LogP contribution in [0.1, 0.15) is 10.5 Å². The number of benzene rings is 1. The van der Waals surface area contributed by atoms with Gasteiger partial charge in [0, 0.05) is 6.20 Å². The van der Waals surface area contributed by atoms with Crippen LogP contribution in [-0.2, 0) is 11.3 Å². The first-order valence-electron chi connectivity index (χ1n) is 5.58. The molecule has 0 fully saturated rings.